The second kappa shape index (κ2) is 7.79. The Hall–Kier alpha value is -2.23. The molecule has 0 spiro atoms. The van der Waals surface area contributed by atoms with Gasteiger partial charge in [-0.15, -0.1) is 22.4 Å². The molecule has 1 heterocycles. The molecule has 0 saturated heterocycles. The van der Waals surface area contributed by atoms with Gasteiger partial charge in [0.1, 0.15) is 12.1 Å². The number of alkyl halides is 3. The molecule has 1 saturated carbocycles. The molecule has 1 aliphatic rings. The van der Waals surface area contributed by atoms with E-state index in [2.05, 4.69) is 14.8 Å². The van der Waals surface area contributed by atoms with E-state index >= 15 is 0 Å². The minimum Gasteiger partial charge on any atom is -0.406 e. The number of hydrogen-bond acceptors (Lipinski definition) is 7. The smallest absolute Gasteiger partial charge is 0.406 e. The number of benzene rings is 1. The lowest BCUT2D eigenvalue weighted by Crippen LogP contribution is -2.34. The molecule has 1 aliphatic carbocycles. The number of ether oxygens (including phenoxy) is 1. The first-order valence-electron chi connectivity index (χ1n) is 8.52. The van der Waals surface area contributed by atoms with Gasteiger partial charge in [-0.1, -0.05) is 12.1 Å². The summed E-state index contributed by atoms with van der Waals surface area (Å²) in [5, 5.41) is 2.87. The van der Waals surface area contributed by atoms with E-state index in [4.69, 9.17) is 0 Å². The molecule has 0 unspecified atom stereocenters. The van der Waals surface area contributed by atoms with E-state index in [0.717, 1.165) is 27.1 Å². The zero-order valence-corrected chi connectivity index (χ0v) is 17.4. The predicted octanol–water partition coefficient (Wildman–Crippen LogP) is 1.18. The van der Waals surface area contributed by atoms with E-state index in [-0.39, 0.29) is 18.2 Å². The second-order valence-electron chi connectivity index (χ2n) is 6.67. The van der Waals surface area contributed by atoms with Gasteiger partial charge >= 0.3 is 16.6 Å². The van der Waals surface area contributed by atoms with E-state index < -0.39 is 37.5 Å². The van der Waals surface area contributed by atoms with Crippen molar-refractivity contribution in [2.75, 3.05) is 14.1 Å². The van der Waals surface area contributed by atoms with Crippen molar-refractivity contribution < 1.29 is 34.7 Å². The Balaban J connectivity index is 1.89. The summed E-state index contributed by atoms with van der Waals surface area (Å²) >= 11 is 0. The van der Waals surface area contributed by atoms with Crippen LogP contribution in [0.3, 0.4) is 0 Å². The predicted molar refractivity (Wildman–Crippen MR) is 96.9 cm³/mol. The summed E-state index contributed by atoms with van der Waals surface area (Å²) in [4.78, 5) is 3.62. The van der Waals surface area contributed by atoms with Crippen LogP contribution >= 0.6 is 0 Å². The molecule has 0 radical (unpaired) electrons. The van der Waals surface area contributed by atoms with Crippen molar-refractivity contribution >= 4 is 20.2 Å². The fourth-order valence-corrected chi connectivity index (χ4v) is 4.77. The van der Waals surface area contributed by atoms with Crippen molar-refractivity contribution in [3.05, 3.63) is 36.2 Å². The van der Waals surface area contributed by atoms with Crippen LogP contribution in [0, 0.1) is 0 Å². The number of rotatable bonds is 8. The van der Waals surface area contributed by atoms with Crippen molar-refractivity contribution in [1.29, 1.82) is 0 Å². The molecule has 1 fully saturated rings. The van der Waals surface area contributed by atoms with Crippen molar-refractivity contribution in [2.45, 2.75) is 36.9 Å². The van der Waals surface area contributed by atoms with Gasteiger partial charge in [0.05, 0.1) is 0 Å². The average Bonchev–Trinajstić information content (AvgIpc) is 3.31. The summed E-state index contributed by atoms with van der Waals surface area (Å²) in [5.41, 5.74) is 0.257. The lowest BCUT2D eigenvalue weighted by atomic mass is 10.2. The maximum Gasteiger partial charge on any atom is 0.573 e. The lowest BCUT2D eigenvalue weighted by Gasteiger charge is -2.20. The monoisotopic (exact) mass is 469 g/mol. The number of hydrogen-bond donors (Lipinski definition) is 0. The SMILES string of the molecule is CN(C)S(=O)(=O)n1cnc(S(=O)(=O)N(Cc2cccc(OC(F)(F)F)c2)C2CC2)n1. The third kappa shape index (κ3) is 4.91. The highest BCUT2D eigenvalue weighted by Gasteiger charge is 2.40. The Morgan fingerprint density at radius 1 is 1.20 bits per heavy atom. The molecule has 0 atom stereocenters. The molecule has 0 aliphatic heterocycles. The molecule has 0 amide bonds. The highest BCUT2D eigenvalue weighted by molar-refractivity contribution is 7.89. The van der Waals surface area contributed by atoms with Crippen LogP contribution in [0.1, 0.15) is 18.4 Å². The Morgan fingerprint density at radius 3 is 2.43 bits per heavy atom. The minimum absolute atomic E-state index is 0.253. The van der Waals surface area contributed by atoms with Crippen LogP contribution in [0.15, 0.2) is 35.7 Å². The third-order valence-corrected chi connectivity index (χ3v) is 7.38. The fourth-order valence-electron chi connectivity index (χ4n) is 2.53. The normalized spacial score (nSPS) is 15.7. The first kappa shape index (κ1) is 22.5. The van der Waals surface area contributed by atoms with Crippen LogP contribution in [0.4, 0.5) is 13.2 Å². The Kier molecular flexibility index (Phi) is 5.83. The Morgan fingerprint density at radius 2 is 1.87 bits per heavy atom. The van der Waals surface area contributed by atoms with Gasteiger partial charge in [0, 0.05) is 26.7 Å². The summed E-state index contributed by atoms with van der Waals surface area (Å²) in [5.74, 6) is -0.479. The van der Waals surface area contributed by atoms with E-state index in [0.29, 0.717) is 16.9 Å². The number of aromatic nitrogens is 3. The van der Waals surface area contributed by atoms with E-state index in [1.807, 2.05) is 0 Å². The largest absolute Gasteiger partial charge is 0.573 e. The Labute approximate surface area is 171 Å². The molecule has 1 aromatic carbocycles. The van der Waals surface area contributed by atoms with Crippen LogP contribution in [-0.2, 0) is 26.8 Å². The fraction of sp³-hybridized carbons (Fsp3) is 0.467. The van der Waals surface area contributed by atoms with Gasteiger partial charge in [0.2, 0.25) is 0 Å². The van der Waals surface area contributed by atoms with Gasteiger partial charge in [-0.25, -0.2) is 13.4 Å². The summed E-state index contributed by atoms with van der Waals surface area (Å²) in [6, 6.07) is 4.56. The second-order valence-corrected chi connectivity index (χ2v) is 10.5. The highest BCUT2D eigenvalue weighted by atomic mass is 32.2. The average molecular weight is 469 g/mol. The summed E-state index contributed by atoms with van der Waals surface area (Å²) in [6.07, 6.45) is -3.01. The maximum atomic E-state index is 13.0. The van der Waals surface area contributed by atoms with Gasteiger partial charge in [0.25, 0.3) is 15.2 Å². The topological polar surface area (TPSA) is 115 Å². The zero-order chi connectivity index (χ0) is 22.3. The van der Waals surface area contributed by atoms with Crippen LogP contribution in [0.5, 0.6) is 5.75 Å². The van der Waals surface area contributed by atoms with Crippen LogP contribution in [0.25, 0.3) is 0 Å². The van der Waals surface area contributed by atoms with Crippen LogP contribution < -0.4 is 4.74 Å². The molecule has 166 valence electrons. The van der Waals surface area contributed by atoms with Gasteiger partial charge in [-0.2, -0.15) is 17.0 Å². The van der Waals surface area contributed by atoms with E-state index in [1.165, 1.54) is 26.2 Å². The summed E-state index contributed by atoms with van der Waals surface area (Å²) < 4.78 is 93.7. The van der Waals surface area contributed by atoms with Gasteiger partial charge in [0.15, 0.2) is 0 Å². The lowest BCUT2D eigenvalue weighted by molar-refractivity contribution is -0.274. The van der Waals surface area contributed by atoms with E-state index in [9.17, 15) is 30.0 Å². The molecule has 30 heavy (non-hydrogen) atoms. The zero-order valence-electron chi connectivity index (χ0n) is 15.8. The van der Waals surface area contributed by atoms with Crippen LogP contribution in [-0.4, -0.2) is 66.1 Å². The quantitative estimate of drug-likeness (QED) is 0.570. The molecular formula is C15H18F3N5O5S2. The van der Waals surface area contributed by atoms with E-state index in [1.54, 1.807) is 0 Å². The van der Waals surface area contributed by atoms with Crippen LogP contribution in [0.2, 0.25) is 0 Å². The minimum atomic E-state index is -4.88. The number of sulfonamides is 1. The molecular weight excluding hydrogens is 451 g/mol. The summed E-state index contributed by atoms with van der Waals surface area (Å²) in [6.45, 7) is -0.253. The van der Waals surface area contributed by atoms with Gasteiger partial charge < -0.3 is 4.74 Å². The molecule has 1 aromatic heterocycles. The molecule has 0 N–H and O–H groups in total. The van der Waals surface area contributed by atoms with Crippen molar-refractivity contribution in [2.24, 2.45) is 0 Å². The van der Waals surface area contributed by atoms with Crippen molar-refractivity contribution in [3.8, 4) is 5.75 Å². The highest BCUT2D eigenvalue weighted by Crippen LogP contribution is 2.33. The van der Waals surface area contributed by atoms with Crippen molar-refractivity contribution in [3.63, 3.8) is 0 Å². The summed E-state index contributed by atoms with van der Waals surface area (Å²) in [7, 11) is -5.87. The first-order valence-corrected chi connectivity index (χ1v) is 11.4. The molecule has 2 aromatic rings. The van der Waals surface area contributed by atoms with Crippen molar-refractivity contribution in [1.82, 2.24) is 22.8 Å². The third-order valence-electron chi connectivity index (χ3n) is 4.11. The van der Waals surface area contributed by atoms with Gasteiger partial charge in [-0.3, -0.25) is 0 Å². The maximum absolute atomic E-state index is 13.0. The molecule has 0 bridgehead atoms. The van der Waals surface area contributed by atoms with Gasteiger partial charge in [-0.05, 0) is 30.5 Å². The molecule has 15 heteroatoms. The molecule has 3 rings (SSSR count). The number of nitrogens with zero attached hydrogens (tertiary/aromatic N) is 5. The standard InChI is InChI=1S/C15H18F3N5O5S2/c1-21(2)30(26,27)23-10-19-14(20-23)29(24,25)22(12-6-7-12)9-11-4-3-5-13(8-11)28-15(16,17)18/h3-5,8,10,12H,6-7,9H2,1-2H3. The molecule has 10 nitrogen and oxygen atoms in total. The number of halogens is 3. The Bertz CT molecular complexity index is 1130. The first-order chi connectivity index (χ1) is 13.8.